The molecule has 1 spiro atoms. The summed E-state index contributed by atoms with van der Waals surface area (Å²) in [5, 5.41) is 0. The highest BCUT2D eigenvalue weighted by Crippen LogP contribution is 2.38. The van der Waals surface area contributed by atoms with Crippen LogP contribution < -0.4 is 0 Å². The van der Waals surface area contributed by atoms with Crippen LogP contribution in [-0.2, 0) is 16.1 Å². The van der Waals surface area contributed by atoms with Gasteiger partial charge in [0.15, 0.2) is 0 Å². The SMILES string of the molecule is COCCCN1C(=O)N(Cc2ccccc2)C(=O)C12CCN(C(C)C)CC2. The summed E-state index contributed by atoms with van der Waals surface area (Å²) in [6, 6.07) is 10.0. The quantitative estimate of drug-likeness (QED) is 0.545. The van der Waals surface area contributed by atoms with Gasteiger partial charge in [-0.15, -0.1) is 0 Å². The molecule has 3 rings (SSSR count). The first-order valence-electron chi connectivity index (χ1n) is 9.90. The summed E-state index contributed by atoms with van der Waals surface area (Å²) in [5.74, 6) is -0.0304. The molecule has 1 aromatic carbocycles. The number of urea groups is 1. The molecule has 0 unspecified atom stereocenters. The number of rotatable bonds is 7. The van der Waals surface area contributed by atoms with Crippen molar-refractivity contribution in [1.29, 1.82) is 0 Å². The summed E-state index contributed by atoms with van der Waals surface area (Å²) in [5.41, 5.74) is 0.290. The average Bonchev–Trinajstić information content (AvgIpc) is 2.85. The molecule has 0 aromatic heterocycles. The third-order valence-electron chi connectivity index (χ3n) is 5.89. The van der Waals surface area contributed by atoms with Gasteiger partial charge in [-0.05, 0) is 38.7 Å². The van der Waals surface area contributed by atoms with Gasteiger partial charge < -0.3 is 14.5 Å². The molecule has 2 aliphatic heterocycles. The zero-order valence-electron chi connectivity index (χ0n) is 16.7. The van der Waals surface area contributed by atoms with Gasteiger partial charge in [-0.3, -0.25) is 9.69 Å². The molecule has 148 valence electrons. The van der Waals surface area contributed by atoms with E-state index >= 15 is 0 Å². The summed E-state index contributed by atoms with van der Waals surface area (Å²) < 4.78 is 5.17. The van der Waals surface area contributed by atoms with Crippen LogP contribution in [0.25, 0.3) is 0 Å². The number of hydrogen-bond acceptors (Lipinski definition) is 4. The van der Waals surface area contributed by atoms with Crippen LogP contribution in [0.5, 0.6) is 0 Å². The van der Waals surface area contributed by atoms with Crippen molar-refractivity contribution in [2.75, 3.05) is 33.4 Å². The number of hydrogen-bond donors (Lipinski definition) is 0. The van der Waals surface area contributed by atoms with Gasteiger partial charge in [-0.1, -0.05) is 30.3 Å². The van der Waals surface area contributed by atoms with Crippen molar-refractivity contribution in [2.24, 2.45) is 0 Å². The van der Waals surface area contributed by atoms with E-state index < -0.39 is 5.54 Å². The van der Waals surface area contributed by atoms with Gasteiger partial charge in [0, 0.05) is 39.4 Å². The number of amides is 3. The maximum Gasteiger partial charge on any atom is 0.327 e. The Bertz CT molecular complexity index is 654. The minimum atomic E-state index is -0.689. The zero-order chi connectivity index (χ0) is 19.4. The van der Waals surface area contributed by atoms with Crippen molar-refractivity contribution < 1.29 is 14.3 Å². The molecule has 0 N–H and O–H groups in total. The molecule has 2 aliphatic rings. The minimum Gasteiger partial charge on any atom is -0.385 e. The lowest BCUT2D eigenvalue weighted by molar-refractivity contribution is -0.136. The van der Waals surface area contributed by atoms with E-state index in [4.69, 9.17) is 4.74 Å². The Kier molecular flexibility index (Phi) is 6.17. The maximum absolute atomic E-state index is 13.4. The van der Waals surface area contributed by atoms with E-state index in [9.17, 15) is 9.59 Å². The Morgan fingerprint density at radius 2 is 1.78 bits per heavy atom. The smallest absolute Gasteiger partial charge is 0.327 e. The molecule has 2 heterocycles. The summed E-state index contributed by atoms with van der Waals surface area (Å²) in [7, 11) is 1.66. The van der Waals surface area contributed by atoms with Crippen LogP contribution in [0, 0.1) is 0 Å². The molecule has 27 heavy (non-hydrogen) atoms. The lowest BCUT2D eigenvalue weighted by atomic mass is 9.85. The zero-order valence-corrected chi connectivity index (χ0v) is 16.7. The van der Waals surface area contributed by atoms with Crippen molar-refractivity contribution in [3.63, 3.8) is 0 Å². The van der Waals surface area contributed by atoms with Gasteiger partial charge in [0.1, 0.15) is 5.54 Å². The standard InChI is InChI=1S/C21H31N3O3/c1-17(2)22-13-10-21(11-14-22)19(25)23(16-18-8-5-4-6-9-18)20(26)24(21)12-7-15-27-3/h4-6,8-9,17H,7,10-16H2,1-3H3. The van der Waals surface area contributed by atoms with Crippen molar-refractivity contribution >= 4 is 11.9 Å². The van der Waals surface area contributed by atoms with Crippen LogP contribution in [0.1, 0.15) is 38.7 Å². The first-order valence-corrected chi connectivity index (χ1v) is 9.90. The minimum absolute atomic E-state index is 0.0304. The number of piperidine rings is 1. The number of imide groups is 1. The fourth-order valence-electron chi connectivity index (χ4n) is 4.26. The first kappa shape index (κ1) is 19.8. The topological polar surface area (TPSA) is 53.1 Å². The van der Waals surface area contributed by atoms with Gasteiger partial charge in [-0.2, -0.15) is 0 Å². The van der Waals surface area contributed by atoms with Crippen LogP contribution in [0.3, 0.4) is 0 Å². The van der Waals surface area contributed by atoms with Gasteiger partial charge >= 0.3 is 6.03 Å². The number of ether oxygens (including phenoxy) is 1. The third-order valence-corrected chi connectivity index (χ3v) is 5.89. The number of benzene rings is 1. The molecule has 6 heteroatoms. The number of methoxy groups -OCH3 is 1. The largest absolute Gasteiger partial charge is 0.385 e. The van der Waals surface area contributed by atoms with Crippen LogP contribution in [-0.4, -0.2) is 71.6 Å². The average molecular weight is 373 g/mol. The lowest BCUT2D eigenvalue weighted by Gasteiger charge is -2.43. The van der Waals surface area contributed by atoms with E-state index in [1.807, 2.05) is 35.2 Å². The van der Waals surface area contributed by atoms with Crippen molar-refractivity contribution in [3.05, 3.63) is 35.9 Å². The van der Waals surface area contributed by atoms with Gasteiger partial charge in [0.05, 0.1) is 6.54 Å². The Labute approximate surface area is 162 Å². The Morgan fingerprint density at radius 3 is 2.37 bits per heavy atom. The fraction of sp³-hybridized carbons (Fsp3) is 0.619. The normalized spacial score (nSPS) is 20.3. The van der Waals surface area contributed by atoms with Crippen LogP contribution in [0.4, 0.5) is 4.79 Å². The molecule has 2 fully saturated rings. The fourth-order valence-corrected chi connectivity index (χ4v) is 4.26. The van der Waals surface area contributed by atoms with E-state index in [2.05, 4.69) is 18.7 Å². The number of carbonyl (C=O) groups excluding carboxylic acids is 2. The third kappa shape index (κ3) is 3.87. The molecule has 0 bridgehead atoms. The molecular formula is C21H31N3O3. The number of likely N-dealkylation sites (tertiary alicyclic amines) is 1. The van der Waals surface area contributed by atoms with Crippen molar-refractivity contribution in [2.45, 2.75) is 51.2 Å². The predicted octanol–water partition coefficient (Wildman–Crippen LogP) is 2.73. The van der Waals surface area contributed by atoms with Crippen LogP contribution >= 0.6 is 0 Å². The second-order valence-corrected chi connectivity index (χ2v) is 7.82. The summed E-state index contributed by atoms with van der Waals surface area (Å²) >= 11 is 0. The summed E-state index contributed by atoms with van der Waals surface area (Å²) in [4.78, 5) is 32.3. The summed E-state index contributed by atoms with van der Waals surface area (Å²) in [6.45, 7) is 7.54. The number of carbonyl (C=O) groups is 2. The molecule has 6 nitrogen and oxygen atoms in total. The highest BCUT2D eigenvalue weighted by atomic mass is 16.5. The second kappa shape index (κ2) is 8.40. The van der Waals surface area contributed by atoms with E-state index in [0.717, 1.165) is 25.1 Å². The van der Waals surface area contributed by atoms with Crippen molar-refractivity contribution in [3.8, 4) is 0 Å². The number of nitrogens with zero attached hydrogens (tertiary/aromatic N) is 3. The van der Waals surface area contributed by atoms with E-state index in [-0.39, 0.29) is 11.9 Å². The van der Waals surface area contributed by atoms with E-state index in [0.29, 0.717) is 38.6 Å². The molecule has 0 atom stereocenters. The van der Waals surface area contributed by atoms with E-state index in [1.54, 1.807) is 7.11 Å². The van der Waals surface area contributed by atoms with Crippen LogP contribution in [0.15, 0.2) is 30.3 Å². The molecule has 0 aliphatic carbocycles. The Balaban J connectivity index is 1.82. The highest BCUT2D eigenvalue weighted by Gasteiger charge is 2.57. The van der Waals surface area contributed by atoms with Gasteiger partial charge in [0.2, 0.25) is 0 Å². The molecule has 0 radical (unpaired) electrons. The Morgan fingerprint density at radius 1 is 1.11 bits per heavy atom. The Hall–Kier alpha value is -1.92. The molecule has 2 saturated heterocycles. The molecular weight excluding hydrogens is 342 g/mol. The van der Waals surface area contributed by atoms with Crippen LogP contribution in [0.2, 0.25) is 0 Å². The molecule has 1 aromatic rings. The van der Waals surface area contributed by atoms with Gasteiger partial charge in [-0.25, -0.2) is 4.79 Å². The van der Waals surface area contributed by atoms with Gasteiger partial charge in [0.25, 0.3) is 5.91 Å². The predicted molar refractivity (Wildman–Crippen MR) is 104 cm³/mol. The highest BCUT2D eigenvalue weighted by molar-refractivity contribution is 6.07. The second-order valence-electron chi connectivity index (χ2n) is 7.82. The first-order chi connectivity index (χ1) is 13.0. The molecule has 0 saturated carbocycles. The lowest BCUT2D eigenvalue weighted by Crippen LogP contribution is -2.57. The monoisotopic (exact) mass is 373 g/mol. The maximum atomic E-state index is 13.4. The van der Waals surface area contributed by atoms with E-state index in [1.165, 1.54) is 4.90 Å². The summed E-state index contributed by atoms with van der Waals surface area (Å²) in [6.07, 6.45) is 2.15. The molecule has 3 amide bonds. The van der Waals surface area contributed by atoms with Crippen molar-refractivity contribution in [1.82, 2.24) is 14.7 Å².